The van der Waals surface area contributed by atoms with Crippen LogP contribution in [0.4, 0.5) is 17.1 Å². The van der Waals surface area contributed by atoms with Gasteiger partial charge in [0.2, 0.25) is 0 Å². The van der Waals surface area contributed by atoms with Gasteiger partial charge < -0.3 is 28.9 Å². The highest BCUT2D eigenvalue weighted by Crippen LogP contribution is 2.38. The largest absolute Gasteiger partial charge is 0.493 e. The summed E-state index contributed by atoms with van der Waals surface area (Å²) >= 11 is 0.250. The third-order valence-electron chi connectivity index (χ3n) is 16.9. The summed E-state index contributed by atoms with van der Waals surface area (Å²) in [5.74, 6) is 0.314. The molecule has 0 saturated heterocycles. The normalized spacial score (nSPS) is 12.8. The van der Waals surface area contributed by atoms with Gasteiger partial charge in [-0.05, 0) is 183 Å². The van der Waals surface area contributed by atoms with Gasteiger partial charge in [0.15, 0.2) is 0 Å². The molecule has 6 aromatic carbocycles. The van der Waals surface area contributed by atoms with E-state index in [0.717, 1.165) is 66.8 Å². The molecule has 0 N–H and O–H groups in total. The zero-order valence-electron chi connectivity index (χ0n) is 55.2. The lowest BCUT2D eigenvalue weighted by molar-refractivity contribution is 0.0734. The highest BCUT2D eigenvalue weighted by Gasteiger charge is 2.28. The maximum Gasteiger partial charge on any atom is 0.254 e. The fourth-order valence-electron chi connectivity index (χ4n) is 11.5. The van der Waals surface area contributed by atoms with E-state index in [0.29, 0.717) is 90.1 Å². The van der Waals surface area contributed by atoms with Crippen molar-refractivity contribution >= 4 is 48.5 Å². The summed E-state index contributed by atoms with van der Waals surface area (Å²) in [6.07, 6.45) is 17.6. The molecule has 15 nitrogen and oxygen atoms in total. The molecule has 3 aliphatic rings. The maximum atomic E-state index is 13.7. The Morgan fingerprint density at radius 1 is 0.438 bits per heavy atom. The van der Waals surface area contributed by atoms with Crippen molar-refractivity contribution in [2.75, 3.05) is 47.2 Å². The predicted octanol–water partition coefficient (Wildman–Crippen LogP) is 16.4. The van der Waals surface area contributed by atoms with E-state index in [4.69, 9.17) is 14.2 Å². The number of hydrogen-bond donors (Lipinski definition) is 0. The van der Waals surface area contributed by atoms with E-state index in [-0.39, 0.29) is 65.4 Å². The third-order valence-corrected chi connectivity index (χ3v) is 16.9. The molecule has 0 aliphatic carbocycles. The van der Waals surface area contributed by atoms with Crippen molar-refractivity contribution < 1.29 is 45.7 Å². The van der Waals surface area contributed by atoms with E-state index in [2.05, 4.69) is 29.9 Å². The van der Waals surface area contributed by atoms with E-state index in [9.17, 15) is 31.4 Å². The minimum absolute atomic E-state index is 0.129. The first-order valence-corrected chi connectivity index (χ1v) is 32.5. The number of aliphatic imine (C=N–C) groups is 3. The first-order valence-electron chi connectivity index (χ1n) is 31.3. The summed E-state index contributed by atoms with van der Waals surface area (Å²) in [5.41, 5.74) is 15.2. The van der Waals surface area contributed by atoms with Gasteiger partial charge in [-0.2, -0.15) is 3.89 Å². The lowest BCUT2D eigenvalue weighted by Gasteiger charge is -2.27. The van der Waals surface area contributed by atoms with Gasteiger partial charge in [-0.25, -0.2) is 13.2 Å². The van der Waals surface area contributed by atoms with E-state index >= 15 is 0 Å². The molecule has 0 fully saturated rings. The molecule has 20 heteroatoms. The fraction of sp³-hybridized carbons (Fsp3) is 0.250. The molecule has 6 heterocycles. The Kier molecular flexibility index (Phi) is 23.8. The van der Waals surface area contributed by atoms with Gasteiger partial charge >= 0.3 is 0 Å². The van der Waals surface area contributed by atoms with Crippen LogP contribution in [0.1, 0.15) is 141 Å². The van der Waals surface area contributed by atoms with Gasteiger partial charge in [-0.15, -0.1) is 0 Å². The molecule has 1 unspecified atom stereocenters. The topological polar surface area (TPSA) is 164 Å². The predicted molar refractivity (Wildman–Crippen MR) is 372 cm³/mol. The fourth-order valence-corrected chi connectivity index (χ4v) is 11.5. The lowest BCUT2D eigenvalue weighted by atomic mass is 9.99. The van der Waals surface area contributed by atoms with Crippen LogP contribution in [0.15, 0.2) is 180 Å². The number of ether oxygens (including phenoxy) is 3. The summed E-state index contributed by atoms with van der Waals surface area (Å²) in [6.45, 7) is 14.7. The van der Waals surface area contributed by atoms with Crippen molar-refractivity contribution in [1.29, 1.82) is 0 Å². The monoisotopic (exact) mass is 1320 g/mol. The molecule has 3 aliphatic heterocycles. The molecule has 3 amide bonds. The molecule has 0 bridgehead atoms. The smallest absolute Gasteiger partial charge is 0.254 e. The maximum absolute atomic E-state index is 13.7. The molecule has 0 spiro atoms. The highest BCUT2D eigenvalue weighted by atomic mass is 32.2. The van der Waals surface area contributed by atoms with Crippen molar-refractivity contribution in [2.45, 2.75) is 79.3 Å². The van der Waals surface area contributed by atoms with Crippen molar-refractivity contribution in [3.63, 3.8) is 0 Å². The second-order valence-electron chi connectivity index (χ2n) is 22.7. The molecule has 9 aromatic rings. The zero-order valence-corrected chi connectivity index (χ0v) is 56.0. The summed E-state index contributed by atoms with van der Waals surface area (Å²) in [5, 5.41) is 0. The average molecular weight is 1320 g/mol. The van der Waals surface area contributed by atoms with Crippen molar-refractivity contribution in [3.8, 4) is 50.6 Å². The van der Waals surface area contributed by atoms with Crippen LogP contribution in [0.5, 0.6) is 17.2 Å². The van der Waals surface area contributed by atoms with Crippen LogP contribution < -0.4 is 14.2 Å². The highest BCUT2D eigenvalue weighted by molar-refractivity contribution is 7.93. The molecule has 12 rings (SSSR count). The number of aromatic nitrogens is 3. The number of benzene rings is 6. The van der Waals surface area contributed by atoms with Gasteiger partial charge in [-0.1, -0.05) is 36.4 Å². The van der Waals surface area contributed by atoms with Gasteiger partial charge in [0.05, 0.1) is 57.6 Å². The molecule has 0 radical (unpaired) electrons. The Hall–Kier alpha value is -10.3. The van der Waals surface area contributed by atoms with Gasteiger partial charge in [0.25, 0.3) is 17.7 Å². The standard InChI is InChI=1S/3C25H24FN3O2.CH3FS/c3*1-4-31-24-11-18(8-9-21(24)17-6-5-7-20(26)10-17)25(30)29(3)16(2)22-14-27-12-19-13-28-15-23(19)22;1-3-2/h3*5-14,16H,4,15H2,1-3H3;1H3/t2*16-;;/m10../s1. The van der Waals surface area contributed by atoms with Crippen LogP contribution in [-0.2, 0) is 19.6 Å². The quantitative estimate of drug-likeness (QED) is 0.0755. The molecular formula is C76H75F4N9O6S. The average Bonchev–Trinajstić information content (AvgIpc) is 1.28. The number of pyridine rings is 3. The number of halogens is 4. The number of nitrogens with zero attached hydrogens (tertiary/aromatic N) is 9. The number of carbonyl (C=O) groups is 3. The zero-order chi connectivity index (χ0) is 68.6. The van der Waals surface area contributed by atoms with E-state index < -0.39 is 0 Å². The Morgan fingerprint density at radius 2 is 0.708 bits per heavy atom. The van der Waals surface area contributed by atoms with Gasteiger partial charge in [0, 0.05) is 145 Å². The molecular weight excluding hydrogens is 1240 g/mol. The van der Waals surface area contributed by atoms with E-state index in [1.54, 1.807) is 146 Å². The van der Waals surface area contributed by atoms with E-state index in [1.807, 2.05) is 78.4 Å². The minimum Gasteiger partial charge on any atom is -0.493 e. The van der Waals surface area contributed by atoms with Crippen molar-refractivity contribution in [3.05, 3.63) is 249 Å². The molecule has 3 atom stereocenters. The Morgan fingerprint density at radius 3 is 0.958 bits per heavy atom. The Bertz CT molecular complexity index is 3940. The van der Waals surface area contributed by atoms with Crippen LogP contribution in [-0.4, -0.2) is 113 Å². The summed E-state index contributed by atoms with van der Waals surface area (Å²) < 4.78 is 68.7. The van der Waals surface area contributed by atoms with Crippen molar-refractivity contribution in [2.24, 2.45) is 15.0 Å². The summed E-state index contributed by atoms with van der Waals surface area (Å²) in [6, 6.07) is 34.4. The van der Waals surface area contributed by atoms with E-state index in [1.165, 1.54) is 42.7 Å². The van der Waals surface area contributed by atoms with Crippen LogP contribution >= 0.6 is 12.1 Å². The molecule has 3 aromatic heterocycles. The number of hydrogen-bond acceptors (Lipinski definition) is 13. The molecule has 0 saturated carbocycles. The molecule has 494 valence electrons. The summed E-state index contributed by atoms with van der Waals surface area (Å²) in [7, 11) is 5.34. The van der Waals surface area contributed by atoms with Crippen LogP contribution in [0.3, 0.4) is 0 Å². The number of fused-ring (bicyclic) bond motifs is 3. The number of carbonyl (C=O) groups excluding carboxylic acids is 3. The van der Waals surface area contributed by atoms with Crippen LogP contribution in [0.2, 0.25) is 0 Å². The Labute approximate surface area is 562 Å². The second kappa shape index (κ2) is 32.7. The lowest BCUT2D eigenvalue weighted by Crippen LogP contribution is -2.30. The van der Waals surface area contributed by atoms with Crippen molar-refractivity contribution in [1.82, 2.24) is 29.7 Å². The van der Waals surface area contributed by atoms with Gasteiger partial charge in [0.1, 0.15) is 34.7 Å². The second-order valence-corrected chi connectivity index (χ2v) is 23.0. The number of rotatable bonds is 18. The first kappa shape index (κ1) is 70.0. The summed E-state index contributed by atoms with van der Waals surface area (Å²) in [4.78, 5) is 70.8. The van der Waals surface area contributed by atoms with Crippen LogP contribution in [0, 0.1) is 17.5 Å². The van der Waals surface area contributed by atoms with Gasteiger partial charge in [-0.3, -0.25) is 44.3 Å². The SMILES string of the molecule is CCOc1cc(C(=O)N(C)C(C)c2cncc3c2CN=C3)ccc1-c1cccc(F)c1.CCOc1cc(C(=O)N(C)[C@@H](C)c2cncc3c2CN=C3)ccc1-c1cccc(F)c1.CCOc1cc(C(=O)N(C)[C@H](C)c2cncc3c2CN=C3)ccc1-c1cccc(F)c1.CSF. The third kappa shape index (κ3) is 16.2. The van der Waals surface area contributed by atoms with Crippen LogP contribution in [0.25, 0.3) is 33.4 Å². The molecule has 96 heavy (non-hydrogen) atoms. The number of amides is 3. The minimum atomic E-state index is -0.318. The first-order chi connectivity index (χ1) is 46.4. The Balaban J connectivity index is 0.000000165.